The van der Waals surface area contributed by atoms with Gasteiger partial charge in [-0.25, -0.2) is 0 Å². The zero-order chi connectivity index (χ0) is 11.5. The van der Waals surface area contributed by atoms with Gasteiger partial charge in [0, 0.05) is 10.5 Å². The van der Waals surface area contributed by atoms with Crippen molar-refractivity contribution in [3.8, 4) is 0 Å². The highest BCUT2D eigenvalue weighted by atomic mass is 32.2. The van der Waals surface area contributed by atoms with Crippen LogP contribution in [0.15, 0.2) is 0 Å². The van der Waals surface area contributed by atoms with Crippen LogP contribution in [0.2, 0.25) is 0 Å². The van der Waals surface area contributed by atoms with E-state index in [4.69, 9.17) is 0 Å². The monoisotopic (exact) mass is 230 g/mol. The highest BCUT2D eigenvalue weighted by Crippen LogP contribution is 2.69. The Morgan fingerprint density at radius 2 is 1.93 bits per heavy atom. The highest BCUT2D eigenvalue weighted by Gasteiger charge is 2.66. The molecule has 3 fully saturated rings. The summed E-state index contributed by atoms with van der Waals surface area (Å²) in [6.45, 7) is 9.22. The minimum atomic E-state index is -1.95. The van der Waals surface area contributed by atoms with Crippen molar-refractivity contribution in [1.82, 2.24) is 0 Å². The second-order valence-corrected chi connectivity index (χ2v) is 10.4. The Kier molecular flexibility index (Phi) is 2.39. The Morgan fingerprint density at radius 1 is 1.33 bits per heavy atom. The quantitative estimate of drug-likeness (QED) is 0.738. The predicted octanol–water partition coefficient (Wildman–Crippen LogP) is 2.87. The summed E-state index contributed by atoms with van der Waals surface area (Å²) in [5, 5.41) is 0. The fourth-order valence-corrected chi connectivity index (χ4v) is 7.33. The summed E-state index contributed by atoms with van der Waals surface area (Å²) in [5.74, 6) is 2.51. The number of hydrogen-bond acceptors (Lipinski definition) is 1. The fourth-order valence-electron chi connectivity index (χ4n) is 4.26. The molecule has 3 aliphatic carbocycles. The third-order valence-corrected chi connectivity index (χ3v) is 9.57. The van der Waals surface area contributed by atoms with Crippen LogP contribution in [0.4, 0.5) is 0 Å². The van der Waals surface area contributed by atoms with Gasteiger partial charge in [0.1, 0.15) is 0 Å². The van der Waals surface area contributed by atoms with Crippen LogP contribution in [-0.2, 0) is 9.93 Å². The molecule has 0 radical (unpaired) electrons. The second kappa shape index (κ2) is 3.09. The molecule has 0 aromatic rings. The first kappa shape index (κ1) is 11.6. The van der Waals surface area contributed by atoms with Gasteiger partial charge >= 0.3 is 0 Å². The lowest BCUT2D eigenvalue weighted by Gasteiger charge is -2.50. The number of fused-ring (bicyclic) bond motifs is 1. The van der Waals surface area contributed by atoms with E-state index in [0.29, 0.717) is 5.41 Å². The molecule has 1 nitrogen and oxygen atoms in total. The van der Waals surface area contributed by atoms with Crippen molar-refractivity contribution < 1.29 is 4.21 Å². The lowest BCUT2D eigenvalue weighted by molar-refractivity contribution is 0.0449. The molecule has 0 saturated heterocycles. The van der Waals surface area contributed by atoms with Gasteiger partial charge in [-0.2, -0.15) is 0 Å². The molecule has 3 aliphatic rings. The van der Waals surface area contributed by atoms with Crippen LogP contribution in [0.25, 0.3) is 0 Å². The molecule has 3 saturated carbocycles. The van der Waals surface area contributed by atoms with Crippen molar-refractivity contribution in [2.75, 3.05) is 12.0 Å². The summed E-state index contributed by atoms with van der Waals surface area (Å²) in [7, 11) is -1.95. The van der Waals surface area contributed by atoms with E-state index in [1.165, 1.54) is 12.8 Å². The molecule has 0 N–H and O–H groups in total. The Bertz CT molecular complexity index is 320. The molecular weight excluding hydrogens is 204 g/mol. The first-order valence-corrected chi connectivity index (χ1v) is 8.66. The van der Waals surface area contributed by atoms with E-state index >= 15 is 0 Å². The molecule has 90 valence electrons. The van der Waals surface area contributed by atoms with Gasteiger partial charge in [-0.15, -0.1) is 9.93 Å². The lowest BCUT2D eigenvalue weighted by Crippen LogP contribution is -2.49. The van der Waals surface area contributed by atoms with E-state index in [9.17, 15) is 4.21 Å². The maximum atomic E-state index is 12.9. The molecule has 3 atom stereocenters. The summed E-state index contributed by atoms with van der Waals surface area (Å²) in [6.07, 6.45) is 5.69. The summed E-state index contributed by atoms with van der Waals surface area (Å²) in [4.78, 5) is 0. The van der Waals surface area contributed by atoms with Gasteiger partial charge in [-0.1, -0.05) is 20.8 Å². The maximum Gasteiger partial charge on any atom is 0.0244 e. The molecule has 0 spiro atoms. The normalized spacial score (nSPS) is 43.8. The zero-order valence-corrected chi connectivity index (χ0v) is 11.7. The predicted molar refractivity (Wildman–Crippen MR) is 69.0 cm³/mol. The Labute approximate surface area is 95.4 Å². The van der Waals surface area contributed by atoms with Gasteiger partial charge in [0.2, 0.25) is 0 Å². The van der Waals surface area contributed by atoms with Gasteiger partial charge in [0.25, 0.3) is 0 Å². The van der Waals surface area contributed by atoms with Crippen molar-refractivity contribution in [1.29, 1.82) is 0 Å². The van der Waals surface area contributed by atoms with Gasteiger partial charge in [0.15, 0.2) is 0 Å². The summed E-state index contributed by atoms with van der Waals surface area (Å²) in [5.41, 5.74) is 0.466. The number of hydrogen-bond donors (Lipinski definition) is 1. The molecule has 15 heavy (non-hydrogen) atoms. The smallest absolute Gasteiger partial charge is 0.0244 e. The minimum absolute atomic E-state index is 0.164. The summed E-state index contributed by atoms with van der Waals surface area (Å²) >= 11 is 0. The Balaban J connectivity index is 2.27. The van der Waals surface area contributed by atoms with Crippen LogP contribution in [0, 0.1) is 17.3 Å². The summed E-state index contributed by atoms with van der Waals surface area (Å²) in [6, 6.07) is 0. The highest BCUT2D eigenvalue weighted by molar-refractivity contribution is 8.03. The Morgan fingerprint density at radius 3 is 2.27 bits per heavy atom. The van der Waals surface area contributed by atoms with Crippen LogP contribution >= 0.6 is 0 Å². The average molecular weight is 230 g/mol. The van der Waals surface area contributed by atoms with Crippen molar-refractivity contribution in [2.24, 2.45) is 17.3 Å². The second-order valence-electron chi connectivity index (χ2n) is 6.69. The van der Waals surface area contributed by atoms with Crippen molar-refractivity contribution >= 4 is 9.93 Å². The molecule has 2 bridgehead atoms. The molecule has 0 aromatic heterocycles. The Hall–Kier alpha value is 0.150. The third kappa shape index (κ3) is 1.30. The SMILES string of the molecule is CCC[SH](C)(=O)C1(C)CC2CC1C2(C)C. The topological polar surface area (TPSA) is 17.1 Å². The third-order valence-electron chi connectivity index (χ3n) is 5.61. The van der Waals surface area contributed by atoms with E-state index in [1.54, 1.807) is 0 Å². The molecule has 2 heteroatoms. The molecule has 3 rings (SSSR count). The van der Waals surface area contributed by atoms with Crippen molar-refractivity contribution in [2.45, 2.75) is 51.7 Å². The van der Waals surface area contributed by atoms with Gasteiger partial charge in [0.05, 0.1) is 0 Å². The van der Waals surface area contributed by atoms with Crippen molar-refractivity contribution in [3.05, 3.63) is 0 Å². The van der Waals surface area contributed by atoms with Crippen molar-refractivity contribution in [3.63, 3.8) is 0 Å². The molecule has 3 unspecified atom stereocenters. The minimum Gasteiger partial charge on any atom is -0.284 e. The van der Waals surface area contributed by atoms with E-state index < -0.39 is 9.93 Å². The summed E-state index contributed by atoms with van der Waals surface area (Å²) < 4.78 is 13.0. The van der Waals surface area contributed by atoms with E-state index in [0.717, 1.165) is 24.0 Å². The van der Waals surface area contributed by atoms with E-state index in [2.05, 4.69) is 34.0 Å². The number of rotatable bonds is 3. The number of thiol groups is 1. The van der Waals surface area contributed by atoms with Gasteiger partial charge in [-0.05, 0) is 49.7 Å². The van der Waals surface area contributed by atoms with Crippen LogP contribution in [0.5, 0.6) is 0 Å². The van der Waals surface area contributed by atoms with Crippen LogP contribution in [0.3, 0.4) is 0 Å². The lowest BCUT2D eigenvalue weighted by atomic mass is 9.60. The van der Waals surface area contributed by atoms with E-state index in [1.807, 2.05) is 0 Å². The van der Waals surface area contributed by atoms with Gasteiger partial charge in [-0.3, -0.25) is 4.21 Å². The first-order valence-electron chi connectivity index (χ1n) is 6.32. The fraction of sp³-hybridized carbons (Fsp3) is 1.00. The van der Waals surface area contributed by atoms with Crippen LogP contribution < -0.4 is 0 Å². The van der Waals surface area contributed by atoms with Crippen LogP contribution in [-0.4, -0.2) is 21.0 Å². The van der Waals surface area contributed by atoms with E-state index in [-0.39, 0.29) is 4.75 Å². The first-order chi connectivity index (χ1) is 6.75. The molecular formula is C13H26OS. The molecule has 0 aliphatic heterocycles. The zero-order valence-electron chi connectivity index (χ0n) is 10.8. The molecule has 0 aromatic carbocycles. The molecule has 0 heterocycles. The van der Waals surface area contributed by atoms with Crippen LogP contribution in [0.1, 0.15) is 47.0 Å². The van der Waals surface area contributed by atoms with Gasteiger partial charge < -0.3 is 0 Å². The largest absolute Gasteiger partial charge is 0.284 e. The average Bonchev–Trinajstić information content (AvgIpc) is 2.56. The standard InChI is InChI=1S/C13H26OS/c1-6-7-15(5,14)13(4)9-10-8-11(13)12(10,2)3/h10-11,15H,6-9H2,1-5H3. The maximum absolute atomic E-state index is 12.9. The molecule has 0 amide bonds.